The Morgan fingerprint density at radius 2 is 1.43 bits per heavy atom. The third-order valence-corrected chi connectivity index (χ3v) is 6.44. The van der Waals surface area contributed by atoms with Crippen LogP contribution in [0.4, 0.5) is 13.2 Å². The molecule has 2 atom stereocenters. The zero-order valence-electron chi connectivity index (χ0n) is 19.3. The molecule has 0 N–H and O–H groups in total. The lowest BCUT2D eigenvalue weighted by Crippen LogP contribution is -2.45. The smallest absolute Gasteiger partial charge is 0.404 e. The molecule has 5 heteroatoms. The molecule has 0 spiro atoms. The summed E-state index contributed by atoms with van der Waals surface area (Å²) < 4.78 is 43.8. The molecule has 0 saturated heterocycles. The van der Waals surface area contributed by atoms with Gasteiger partial charge in [-0.3, -0.25) is 4.79 Å². The molecule has 2 nitrogen and oxygen atoms in total. The first kappa shape index (κ1) is 27.3. The largest absolute Gasteiger partial charge is 0.461 e. The Balaban J connectivity index is 0.000000609. The fraction of sp³-hybridized carbons (Fsp3) is 0.957. The maximum absolute atomic E-state index is 12.9. The van der Waals surface area contributed by atoms with Crippen molar-refractivity contribution in [1.29, 1.82) is 0 Å². The Kier molecular flexibility index (Phi) is 11.8. The Bertz CT molecular complexity index is 432. The Morgan fingerprint density at radius 1 is 0.964 bits per heavy atom. The first-order valence-electron chi connectivity index (χ1n) is 11.1. The average Bonchev–Trinajstić information content (AvgIpc) is 2.64. The highest BCUT2D eigenvalue weighted by atomic mass is 19.4. The van der Waals surface area contributed by atoms with Crippen LogP contribution < -0.4 is 0 Å². The van der Waals surface area contributed by atoms with Crippen molar-refractivity contribution >= 4 is 5.97 Å². The van der Waals surface area contributed by atoms with Gasteiger partial charge in [0.05, 0.1) is 0 Å². The fourth-order valence-electron chi connectivity index (χ4n) is 3.79. The molecular formula is C23H43F3O2. The maximum atomic E-state index is 12.9. The lowest BCUT2D eigenvalue weighted by molar-refractivity contribution is -0.235. The van der Waals surface area contributed by atoms with Gasteiger partial charge in [0.2, 0.25) is 0 Å². The molecule has 0 amide bonds. The predicted molar refractivity (Wildman–Crippen MR) is 110 cm³/mol. The van der Waals surface area contributed by atoms with Crippen LogP contribution in [0.15, 0.2) is 0 Å². The number of hydrogen-bond donors (Lipinski definition) is 0. The molecule has 1 aliphatic rings. The van der Waals surface area contributed by atoms with E-state index in [1.165, 1.54) is 45.4 Å². The normalized spacial score (nSPS) is 19.2. The minimum atomic E-state index is -4.59. The number of carbonyl (C=O) groups is 1. The van der Waals surface area contributed by atoms with E-state index in [1.54, 1.807) is 0 Å². The highest BCUT2D eigenvalue weighted by molar-refractivity contribution is 5.77. The van der Waals surface area contributed by atoms with Crippen LogP contribution in [0.3, 0.4) is 0 Å². The van der Waals surface area contributed by atoms with E-state index in [1.807, 2.05) is 27.7 Å². The number of esters is 1. The van der Waals surface area contributed by atoms with Crippen molar-refractivity contribution in [3.8, 4) is 0 Å². The molecule has 0 radical (unpaired) electrons. The highest BCUT2D eigenvalue weighted by Gasteiger charge is 2.57. The van der Waals surface area contributed by atoms with Gasteiger partial charge in [-0.2, -0.15) is 13.2 Å². The minimum Gasteiger partial charge on any atom is -0.461 e. The maximum Gasteiger partial charge on any atom is 0.404 e. The second-order valence-electron chi connectivity index (χ2n) is 9.32. The summed E-state index contributed by atoms with van der Waals surface area (Å²) in [5.74, 6) is 0.857. The van der Waals surface area contributed by atoms with Crippen LogP contribution in [0.1, 0.15) is 100 Å². The number of carbonyl (C=O) groups excluding carboxylic acids is 1. The summed E-state index contributed by atoms with van der Waals surface area (Å²) in [6.45, 7) is 14.3. The van der Waals surface area contributed by atoms with Crippen LogP contribution >= 0.6 is 0 Å². The lowest BCUT2D eigenvalue weighted by Gasteiger charge is -2.33. The molecule has 168 valence electrons. The Labute approximate surface area is 171 Å². The second kappa shape index (κ2) is 12.1. The molecule has 1 rings (SSSR count). The molecule has 0 heterocycles. The van der Waals surface area contributed by atoms with E-state index >= 15 is 0 Å². The summed E-state index contributed by atoms with van der Waals surface area (Å²) >= 11 is 0. The molecule has 1 saturated carbocycles. The molecular weight excluding hydrogens is 365 g/mol. The van der Waals surface area contributed by atoms with Gasteiger partial charge >= 0.3 is 12.1 Å². The second-order valence-corrected chi connectivity index (χ2v) is 9.32. The van der Waals surface area contributed by atoms with Gasteiger partial charge in [0.25, 0.3) is 0 Å². The monoisotopic (exact) mass is 408 g/mol. The zero-order valence-corrected chi connectivity index (χ0v) is 19.3. The summed E-state index contributed by atoms with van der Waals surface area (Å²) in [5, 5.41) is 0. The lowest BCUT2D eigenvalue weighted by atomic mass is 9.80. The Hall–Kier alpha value is -0.740. The van der Waals surface area contributed by atoms with Gasteiger partial charge in [-0.15, -0.1) is 0 Å². The number of alkyl halides is 3. The van der Waals surface area contributed by atoms with Gasteiger partial charge < -0.3 is 4.74 Å². The van der Waals surface area contributed by atoms with Crippen LogP contribution in [-0.4, -0.2) is 18.2 Å². The molecule has 0 aromatic rings. The summed E-state index contributed by atoms with van der Waals surface area (Å²) in [6, 6.07) is 0. The number of ether oxygens (including phenoxy) is 1. The molecule has 0 aliphatic heterocycles. The van der Waals surface area contributed by atoms with Gasteiger partial charge in [-0.05, 0) is 37.0 Å². The molecule has 1 fully saturated rings. The van der Waals surface area contributed by atoms with Crippen molar-refractivity contribution < 1.29 is 22.7 Å². The van der Waals surface area contributed by atoms with E-state index in [4.69, 9.17) is 4.74 Å². The summed E-state index contributed by atoms with van der Waals surface area (Å²) in [7, 11) is 0. The van der Waals surface area contributed by atoms with Crippen molar-refractivity contribution in [3.05, 3.63) is 0 Å². The van der Waals surface area contributed by atoms with Gasteiger partial charge in [0.15, 0.2) is 5.41 Å². The summed E-state index contributed by atoms with van der Waals surface area (Å²) in [5.41, 5.74) is -2.42. The molecule has 28 heavy (non-hydrogen) atoms. The quantitative estimate of drug-likeness (QED) is 0.402. The number of rotatable bonds is 7. The van der Waals surface area contributed by atoms with E-state index in [2.05, 4.69) is 13.8 Å². The Morgan fingerprint density at radius 3 is 1.75 bits per heavy atom. The van der Waals surface area contributed by atoms with Gasteiger partial charge in [-0.1, -0.05) is 87.0 Å². The van der Waals surface area contributed by atoms with Crippen LogP contribution in [0.2, 0.25) is 0 Å². The summed E-state index contributed by atoms with van der Waals surface area (Å²) in [4.78, 5) is 11.8. The first-order valence-corrected chi connectivity index (χ1v) is 11.1. The van der Waals surface area contributed by atoms with Crippen molar-refractivity contribution in [2.75, 3.05) is 0 Å². The molecule has 1 aliphatic carbocycles. The van der Waals surface area contributed by atoms with Gasteiger partial charge in [0.1, 0.15) is 6.10 Å². The molecule has 0 aromatic carbocycles. The van der Waals surface area contributed by atoms with E-state index in [0.29, 0.717) is 0 Å². The van der Waals surface area contributed by atoms with E-state index in [-0.39, 0.29) is 18.3 Å². The average molecular weight is 409 g/mol. The standard InChI is InChI=1S/C13H23F3O2.C10H20/c1-7-12(6,13(14,15)16)11(17)18-10(8(2)3)9(4)5;1-3-9(2)10-7-5-4-6-8-10/h8-10H,7H2,1-6H3;9-10H,3-8H2,1-2H3. The van der Waals surface area contributed by atoms with Crippen LogP contribution in [0.25, 0.3) is 0 Å². The number of hydrogen-bond acceptors (Lipinski definition) is 2. The SMILES string of the molecule is CCC(C)(C(=O)OC(C(C)C)C(C)C)C(F)(F)F.CCC(C)C1CCCCC1. The minimum absolute atomic E-state index is 0.0108. The molecule has 2 unspecified atom stereocenters. The molecule has 0 aromatic heterocycles. The zero-order chi connectivity index (χ0) is 22.1. The predicted octanol–water partition coefficient (Wildman–Crippen LogP) is 7.80. The van der Waals surface area contributed by atoms with Crippen molar-refractivity contribution in [2.24, 2.45) is 29.1 Å². The molecule has 0 bridgehead atoms. The van der Waals surface area contributed by atoms with Crippen LogP contribution in [-0.2, 0) is 9.53 Å². The topological polar surface area (TPSA) is 26.3 Å². The third-order valence-electron chi connectivity index (χ3n) is 6.44. The van der Waals surface area contributed by atoms with Gasteiger partial charge in [-0.25, -0.2) is 0 Å². The summed E-state index contributed by atoms with van der Waals surface area (Å²) in [6.07, 6.45) is 3.48. The third kappa shape index (κ3) is 7.94. The van der Waals surface area contributed by atoms with Crippen LogP contribution in [0, 0.1) is 29.1 Å². The van der Waals surface area contributed by atoms with Crippen molar-refractivity contribution in [1.82, 2.24) is 0 Å². The van der Waals surface area contributed by atoms with Crippen molar-refractivity contribution in [2.45, 2.75) is 113 Å². The van der Waals surface area contributed by atoms with Crippen LogP contribution in [0.5, 0.6) is 0 Å². The number of halogens is 3. The fourth-order valence-corrected chi connectivity index (χ4v) is 3.79. The van der Waals surface area contributed by atoms with E-state index < -0.39 is 23.7 Å². The van der Waals surface area contributed by atoms with E-state index in [9.17, 15) is 18.0 Å². The highest BCUT2D eigenvalue weighted by Crippen LogP contribution is 2.42. The van der Waals surface area contributed by atoms with E-state index in [0.717, 1.165) is 18.8 Å². The first-order chi connectivity index (χ1) is 12.8. The van der Waals surface area contributed by atoms with Gasteiger partial charge in [0, 0.05) is 0 Å². The van der Waals surface area contributed by atoms with Crippen molar-refractivity contribution in [3.63, 3.8) is 0 Å².